The minimum absolute atomic E-state index is 0.0980. The van der Waals surface area contributed by atoms with Gasteiger partial charge in [0.2, 0.25) is 0 Å². The van der Waals surface area contributed by atoms with Crippen LogP contribution in [0.4, 0.5) is 11.5 Å². The Hall–Kier alpha value is -3.16. The Bertz CT molecular complexity index is 973. The molecule has 0 bridgehead atoms. The molecule has 0 saturated carbocycles. The lowest BCUT2D eigenvalue weighted by molar-refractivity contribution is -0.385. The van der Waals surface area contributed by atoms with Crippen molar-refractivity contribution in [3.05, 3.63) is 92.1 Å². The van der Waals surface area contributed by atoms with E-state index in [0.29, 0.717) is 33.8 Å². The number of anilines is 1. The molecule has 7 nitrogen and oxygen atoms in total. The van der Waals surface area contributed by atoms with E-state index in [1.54, 1.807) is 12.1 Å². The monoisotopic (exact) mass is 416 g/mol. The summed E-state index contributed by atoms with van der Waals surface area (Å²) >= 11 is 12.6. The van der Waals surface area contributed by atoms with Crippen LogP contribution in [-0.4, -0.2) is 16.1 Å². The van der Waals surface area contributed by atoms with Crippen molar-refractivity contribution in [1.82, 2.24) is 4.98 Å². The molecule has 0 atom stereocenters. The van der Waals surface area contributed by atoms with E-state index in [1.807, 2.05) is 30.3 Å². The number of hydrogen-bond acceptors (Lipinski definition) is 6. The van der Waals surface area contributed by atoms with Gasteiger partial charge in [-0.05, 0) is 29.3 Å². The molecule has 28 heavy (non-hydrogen) atoms. The summed E-state index contributed by atoms with van der Waals surface area (Å²) in [5.74, 6) is 0.760. The quantitative estimate of drug-likeness (QED) is 0.319. The first-order chi connectivity index (χ1) is 13.5. The number of ether oxygens (including phenoxy) is 1. The van der Waals surface area contributed by atoms with Crippen LogP contribution in [0.3, 0.4) is 0 Å². The van der Waals surface area contributed by atoms with Crippen LogP contribution in [0.5, 0.6) is 5.75 Å². The second kappa shape index (κ2) is 9.16. The topological polar surface area (TPSA) is 89.7 Å². The molecule has 0 saturated heterocycles. The van der Waals surface area contributed by atoms with Crippen molar-refractivity contribution < 1.29 is 9.66 Å². The van der Waals surface area contributed by atoms with Gasteiger partial charge in [-0.1, -0.05) is 53.5 Å². The van der Waals surface area contributed by atoms with Gasteiger partial charge in [-0.15, -0.1) is 0 Å². The van der Waals surface area contributed by atoms with Crippen molar-refractivity contribution in [3.8, 4) is 5.75 Å². The number of hydrazone groups is 1. The van der Waals surface area contributed by atoms with E-state index in [0.717, 1.165) is 11.8 Å². The van der Waals surface area contributed by atoms with Crippen molar-refractivity contribution >= 4 is 40.9 Å². The molecule has 0 aliphatic carbocycles. The summed E-state index contributed by atoms with van der Waals surface area (Å²) < 4.78 is 5.72. The van der Waals surface area contributed by atoms with Crippen molar-refractivity contribution in [2.75, 3.05) is 5.43 Å². The van der Waals surface area contributed by atoms with E-state index in [9.17, 15) is 10.1 Å². The van der Waals surface area contributed by atoms with Crippen LogP contribution in [-0.2, 0) is 6.61 Å². The van der Waals surface area contributed by atoms with Gasteiger partial charge in [0.15, 0.2) is 5.75 Å². The van der Waals surface area contributed by atoms with Crippen LogP contribution in [0.2, 0.25) is 10.0 Å². The number of halogens is 2. The minimum atomic E-state index is -0.522. The van der Waals surface area contributed by atoms with Crippen LogP contribution < -0.4 is 10.2 Å². The molecule has 1 heterocycles. The van der Waals surface area contributed by atoms with Gasteiger partial charge in [-0.25, -0.2) is 4.98 Å². The average molecular weight is 417 g/mol. The minimum Gasteiger partial charge on any atom is -0.486 e. The molecule has 0 unspecified atom stereocenters. The first kappa shape index (κ1) is 19.6. The number of benzene rings is 2. The average Bonchev–Trinajstić information content (AvgIpc) is 2.68. The van der Waals surface area contributed by atoms with Gasteiger partial charge in [0.05, 0.1) is 21.2 Å². The molecule has 1 aromatic heterocycles. The van der Waals surface area contributed by atoms with Crippen LogP contribution in [0, 0.1) is 10.1 Å². The van der Waals surface area contributed by atoms with Crippen LogP contribution in [0.1, 0.15) is 11.1 Å². The highest BCUT2D eigenvalue weighted by Crippen LogP contribution is 2.34. The summed E-state index contributed by atoms with van der Waals surface area (Å²) in [5, 5.41) is 15.4. The van der Waals surface area contributed by atoms with Crippen LogP contribution >= 0.6 is 23.2 Å². The number of hydrogen-bond donors (Lipinski definition) is 1. The van der Waals surface area contributed by atoms with Crippen molar-refractivity contribution in [2.24, 2.45) is 5.10 Å². The maximum Gasteiger partial charge on any atom is 0.287 e. The molecule has 0 fully saturated rings. The number of pyridine rings is 1. The summed E-state index contributed by atoms with van der Waals surface area (Å²) in [7, 11) is 0. The summed E-state index contributed by atoms with van der Waals surface area (Å²) in [6.45, 7) is 0.348. The van der Waals surface area contributed by atoms with Gasteiger partial charge in [0, 0.05) is 6.07 Å². The van der Waals surface area contributed by atoms with Gasteiger partial charge in [0.1, 0.15) is 18.6 Å². The van der Waals surface area contributed by atoms with Crippen molar-refractivity contribution in [2.45, 2.75) is 6.61 Å². The molecule has 0 aliphatic rings. The highest BCUT2D eigenvalue weighted by molar-refractivity contribution is 6.37. The Morgan fingerprint density at radius 1 is 1.14 bits per heavy atom. The molecular formula is C19H14Cl2N4O3. The van der Waals surface area contributed by atoms with Crippen molar-refractivity contribution in [3.63, 3.8) is 0 Å². The summed E-state index contributed by atoms with van der Waals surface area (Å²) in [6, 6.07) is 15.8. The zero-order chi connectivity index (χ0) is 19.9. The zero-order valence-corrected chi connectivity index (χ0v) is 15.9. The molecule has 9 heteroatoms. The first-order valence-electron chi connectivity index (χ1n) is 8.08. The summed E-state index contributed by atoms with van der Waals surface area (Å²) in [4.78, 5) is 14.0. The fourth-order valence-corrected chi connectivity index (χ4v) is 2.87. The Kier molecular flexibility index (Phi) is 6.41. The molecule has 3 rings (SSSR count). The molecule has 1 N–H and O–H groups in total. The molecule has 3 aromatic rings. The second-order valence-electron chi connectivity index (χ2n) is 5.62. The van der Waals surface area contributed by atoms with E-state index in [2.05, 4.69) is 15.5 Å². The van der Waals surface area contributed by atoms with E-state index < -0.39 is 4.92 Å². The van der Waals surface area contributed by atoms with Crippen LogP contribution in [0.25, 0.3) is 0 Å². The molecule has 142 valence electrons. The fourth-order valence-electron chi connectivity index (χ4n) is 2.25. The third-order valence-corrected chi connectivity index (χ3v) is 4.16. The molecule has 0 amide bonds. The van der Waals surface area contributed by atoms with E-state index in [1.165, 1.54) is 18.3 Å². The Labute approximate surface area is 170 Å². The zero-order valence-electron chi connectivity index (χ0n) is 14.4. The number of nitrogens with zero attached hydrogens (tertiary/aromatic N) is 3. The maximum atomic E-state index is 10.6. The molecule has 0 radical (unpaired) electrons. The number of nitrogens with one attached hydrogen (secondary N) is 1. The van der Waals surface area contributed by atoms with Gasteiger partial charge in [0.25, 0.3) is 5.69 Å². The van der Waals surface area contributed by atoms with Crippen molar-refractivity contribution in [1.29, 1.82) is 0 Å². The molecule has 0 spiro atoms. The lowest BCUT2D eigenvalue weighted by atomic mass is 10.2. The summed E-state index contributed by atoms with van der Waals surface area (Å²) in [6.07, 6.45) is 2.65. The van der Waals surface area contributed by atoms with E-state index in [4.69, 9.17) is 27.9 Å². The van der Waals surface area contributed by atoms with Gasteiger partial charge < -0.3 is 4.74 Å². The standard InChI is InChI=1S/C19H14Cl2N4O3/c20-16-8-14(10-23-24-18-7-6-15(11-22-18)25(26)27)9-17(21)19(16)28-12-13-4-2-1-3-5-13/h1-11H,12H2,(H,22,24)/b23-10-. The van der Waals surface area contributed by atoms with E-state index in [-0.39, 0.29) is 5.69 Å². The SMILES string of the molecule is O=[N+]([O-])c1ccc(N/N=C\c2cc(Cl)c(OCc3ccccc3)c(Cl)c2)nc1. The van der Waals surface area contributed by atoms with Gasteiger partial charge >= 0.3 is 0 Å². The number of rotatable bonds is 7. The number of aromatic nitrogens is 1. The van der Waals surface area contributed by atoms with E-state index >= 15 is 0 Å². The first-order valence-corrected chi connectivity index (χ1v) is 8.84. The highest BCUT2D eigenvalue weighted by Gasteiger charge is 2.10. The maximum absolute atomic E-state index is 10.6. The normalized spacial score (nSPS) is 10.8. The van der Waals surface area contributed by atoms with Gasteiger partial charge in [-0.2, -0.15) is 5.10 Å². The molecule has 2 aromatic carbocycles. The fraction of sp³-hybridized carbons (Fsp3) is 0.0526. The third-order valence-electron chi connectivity index (χ3n) is 3.60. The molecular weight excluding hydrogens is 403 g/mol. The highest BCUT2D eigenvalue weighted by atomic mass is 35.5. The summed E-state index contributed by atoms with van der Waals surface area (Å²) in [5.41, 5.74) is 4.23. The third kappa shape index (κ3) is 5.18. The van der Waals surface area contributed by atoms with Crippen LogP contribution in [0.15, 0.2) is 65.9 Å². The van der Waals surface area contributed by atoms with Gasteiger partial charge in [-0.3, -0.25) is 15.5 Å². The Morgan fingerprint density at radius 2 is 1.86 bits per heavy atom. The Balaban J connectivity index is 1.64. The number of nitro groups is 1. The lowest BCUT2D eigenvalue weighted by Gasteiger charge is -2.11. The second-order valence-corrected chi connectivity index (χ2v) is 6.43. The Morgan fingerprint density at radius 3 is 2.46 bits per heavy atom. The smallest absolute Gasteiger partial charge is 0.287 e. The molecule has 0 aliphatic heterocycles. The predicted molar refractivity (Wildman–Crippen MR) is 109 cm³/mol. The largest absolute Gasteiger partial charge is 0.486 e. The predicted octanol–water partition coefficient (Wildman–Crippen LogP) is 5.32. The lowest BCUT2D eigenvalue weighted by Crippen LogP contribution is -1.98.